The van der Waals surface area contributed by atoms with Crippen molar-refractivity contribution in [3.8, 4) is 0 Å². The minimum atomic E-state index is -5.13. The van der Waals surface area contributed by atoms with Crippen LogP contribution in [0, 0.1) is 0 Å². The van der Waals surface area contributed by atoms with Crippen LogP contribution in [0.5, 0.6) is 0 Å². The first kappa shape index (κ1) is 41.3. The number of benzene rings is 2. The lowest BCUT2D eigenvalue weighted by Crippen LogP contribution is -2.54. The number of allylic oxidation sites excluding steroid dienone is 2. The summed E-state index contributed by atoms with van der Waals surface area (Å²) in [6.45, 7) is 1.75. The van der Waals surface area contributed by atoms with Crippen LogP contribution in [0.1, 0.15) is 28.7 Å². The third kappa shape index (κ3) is 12.9. The molecule has 288 valence electrons. The summed E-state index contributed by atoms with van der Waals surface area (Å²) in [7, 11) is 2.60. The topological polar surface area (TPSA) is 118 Å². The van der Waals surface area contributed by atoms with Crippen molar-refractivity contribution in [2.24, 2.45) is 0 Å². The smallest absolute Gasteiger partial charge is 0.362 e. The fraction of sp³-hybridized carbons (Fsp3) is 0.429. The van der Waals surface area contributed by atoms with E-state index < -0.39 is 48.3 Å². The van der Waals surface area contributed by atoms with Crippen LogP contribution in [-0.4, -0.2) is 122 Å². The number of piperazine rings is 2. The molecule has 0 amide bonds. The maximum absolute atomic E-state index is 12.6. The zero-order valence-electron chi connectivity index (χ0n) is 28.8. The van der Waals surface area contributed by atoms with Gasteiger partial charge in [-0.15, -0.1) is 10.1 Å². The Morgan fingerprint density at radius 1 is 0.660 bits per heavy atom. The Hall–Kier alpha value is -4.46. The average Bonchev–Trinajstić information content (AvgIpc) is 3.10. The second kappa shape index (κ2) is 18.5. The Morgan fingerprint density at radius 2 is 1.06 bits per heavy atom. The number of hydrogen-bond donors (Lipinski definition) is 0. The highest BCUT2D eigenvalue weighted by atomic mass is 19.4. The van der Waals surface area contributed by atoms with Gasteiger partial charge in [0, 0.05) is 53.5 Å². The molecule has 2 unspecified atom stereocenters. The van der Waals surface area contributed by atoms with Crippen molar-refractivity contribution in [2.75, 3.05) is 53.5 Å². The van der Waals surface area contributed by atoms with Gasteiger partial charge in [0.05, 0.1) is 19.5 Å². The first-order valence-electron chi connectivity index (χ1n) is 16.3. The van der Waals surface area contributed by atoms with Gasteiger partial charge in [-0.05, 0) is 34.4 Å². The van der Waals surface area contributed by atoms with Gasteiger partial charge in [-0.1, -0.05) is 60.7 Å². The number of ether oxygens (including phenoxy) is 2. The molecule has 18 heteroatoms. The van der Waals surface area contributed by atoms with E-state index in [1.165, 1.54) is 26.4 Å². The third-order valence-electron chi connectivity index (χ3n) is 8.14. The maximum Gasteiger partial charge on any atom is 0.492 e. The average molecular weight is 757 g/mol. The zero-order valence-corrected chi connectivity index (χ0v) is 28.8. The number of hydroxylamine groups is 4. The van der Waals surface area contributed by atoms with Crippen LogP contribution in [0.15, 0.2) is 60.7 Å². The van der Waals surface area contributed by atoms with Crippen LogP contribution in [0.2, 0.25) is 0 Å². The molecule has 2 aromatic rings. The second-order valence-corrected chi connectivity index (χ2v) is 12.2. The van der Waals surface area contributed by atoms with Crippen LogP contribution in [0.25, 0.3) is 12.2 Å². The summed E-state index contributed by atoms with van der Waals surface area (Å²) in [6, 6.07) is 14.4. The molecule has 2 aliphatic heterocycles. The molecule has 0 radical (unpaired) electrons. The van der Waals surface area contributed by atoms with E-state index >= 15 is 0 Å². The maximum atomic E-state index is 12.6. The highest BCUT2D eigenvalue weighted by Crippen LogP contribution is 2.23. The molecule has 2 aromatic carbocycles. The lowest BCUT2D eigenvalue weighted by Gasteiger charge is -2.38. The van der Waals surface area contributed by atoms with Gasteiger partial charge in [-0.2, -0.15) is 26.3 Å². The van der Waals surface area contributed by atoms with Crippen LogP contribution in [0.4, 0.5) is 26.3 Å². The molecule has 53 heavy (non-hydrogen) atoms. The SMILES string of the molecule is COC1CN(Cc2cccc(C=CC(=O)CC(=O)C=Cc3cccc(CN4CCN(OC(=O)C(F)(F)F)C(OC)C4)c3)c2)CCN1OC(=O)C(F)(F)F. The van der Waals surface area contributed by atoms with Gasteiger partial charge in [0.1, 0.15) is 0 Å². The Bertz CT molecular complexity index is 1550. The van der Waals surface area contributed by atoms with Gasteiger partial charge in [-0.3, -0.25) is 19.4 Å². The number of ketones is 2. The number of methoxy groups -OCH3 is 2. The summed E-state index contributed by atoms with van der Waals surface area (Å²) >= 11 is 0. The summed E-state index contributed by atoms with van der Waals surface area (Å²) in [5.74, 6) is -5.47. The molecule has 0 N–H and O–H groups in total. The normalized spacial score (nSPS) is 19.8. The first-order chi connectivity index (χ1) is 25.0. The molecule has 2 saturated heterocycles. The summed E-state index contributed by atoms with van der Waals surface area (Å²) in [6.07, 6.45) is -6.67. The second-order valence-electron chi connectivity index (χ2n) is 12.2. The predicted octanol–water partition coefficient (Wildman–Crippen LogP) is 4.16. The van der Waals surface area contributed by atoms with E-state index in [2.05, 4.69) is 9.68 Å². The van der Waals surface area contributed by atoms with Crippen LogP contribution >= 0.6 is 0 Å². The van der Waals surface area contributed by atoms with Gasteiger partial charge in [-0.25, -0.2) is 9.59 Å². The predicted molar refractivity (Wildman–Crippen MR) is 175 cm³/mol. The van der Waals surface area contributed by atoms with Gasteiger partial charge >= 0.3 is 24.3 Å². The summed E-state index contributed by atoms with van der Waals surface area (Å²) < 4.78 is 86.2. The number of carbonyl (C=O) groups is 4. The van der Waals surface area contributed by atoms with Gasteiger partial charge in [0.25, 0.3) is 0 Å². The number of alkyl halides is 6. The molecular weight excluding hydrogens is 718 g/mol. The number of rotatable bonds is 14. The Morgan fingerprint density at radius 3 is 1.42 bits per heavy atom. The molecule has 2 aliphatic rings. The summed E-state index contributed by atoms with van der Waals surface area (Å²) in [4.78, 5) is 60.4. The molecule has 0 spiro atoms. The van der Waals surface area contributed by atoms with E-state index in [1.807, 2.05) is 34.1 Å². The van der Waals surface area contributed by atoms with Crippen molar-refractivity contribution >= 4 is 35.7 Å². The monoisotopic (exact) mass is 756 g/mol. The van der Waals surface area contributed by atoms with Crippen LogP contribution in [-0.2, 0) is 51.4 Å². The standard InChI is InChI=1S/C35H38F6N4O8/c1-50-30-22-42(13-15-44(30)52-32(48)34(36,37)38)20-26-7-3-5-24(17-26)9-11-28(46)19-29(47)12-10-25-6-4-8-27(18-25)21-43-14-16-45(31(23-43)51-2)53-33(49)35(39,40)41/h3-12,17-18,30-31H,13-16,19-23H2,1-2H3. The highest BCUT2D eigenvalue weighted by molar-refractivity contribution is 6.10. The molecule has 0 bridgehead atoms. The lowest BCUT2D eigenvalue weighted by atomic mass is 10.1. The van der Waals surface area contributed by atoms with E-state index in [9.17, 15) is 45.5 Å². The van der Waals surface area contributed by atoms with E-state index in [-0.39, 0.29) is 32.6 Å². The molecular formula is C35H38F6N4O8. The van der Waals surface area contributed by atoms with Gasteiger partial charge in [0.15, 0.2) is 24.0 Å². The number of carbonyl (C=O) groups excluding carboxylic acids is 4. The van der Waals surface area contributed by atoms with Crippen molar-refractivity contribution in [3.63, 3.8) is 0 Å². The molecule has 0 aliphatic carbocycles. The fourth-order valence-electron chi connectivity index (χ4n) is 5.55. The summed E-state index contributed by atoms with van der Waals surface area (Å²) in [5.41, 5.74) is 3.08. The third-order valence-corrected chi connectivity index (χ3v) is 8.14. The van der Waals surface area contributed by atoms with Crippen molar-refractivity contribution in [2.45, 2.75) is 44.3 Å². The molecule has 2 heterocycles. The van der Waals surface area contributed by atoms with Crippen LogP contribution in [0.3, 0.4) is 0 Å². The lowest BCUT2D eigenvalue weighted by molar-refractivity contribution is -0.281. The Labute approximate surface area is 301 Å². The van der Waals surface area contributed by atoms with Gasteiger partial charge < -0.3 is 19.1 Å². The Kier molecular flexibility index (Phi) is 14.4. The molecule has 12 nitrogen and oxygen atoms in total. The highest BCUT2D eigenvalue weighted by Gasteiger charge is 2.45. The molecule has 4 rings (SSSR count). The van der Waals surface area contributed by atoms with Crippen molar-refractivity contribution in [1.29, 1.82) is 0 Å². The minimum Gasteiger partial charge on any atom is -0.362 e. The van der Waals surface area contributed by atoms with Crippen molar-refractivity contribution in [1.82, 2.24) is 19.9 Å². The van der Waals surface area contributed by atoms with Crippen LogP contribution < -0.4 is 0 Å². The van der Waals surface area contributed by atoms with E-state index in [1.54, 1.807) is 36.4 Å². The Balaban J connectivity index is 1.24. The van der Waals surface area contributed by atoms with Crippen molar-refractivity contribution in [3.05, 3.63) is 82.9 Å². The number of hydrogen-bond acceptors (Lipinski definition) is 12. The molecule has 0 aromatic heterocycles. The molecule has 0 saturated carbocycles. The fourth-order valence-corrected chi connectivity index (χ4v) is 5.55. The van der Waals surface area contributed by atoms with E-state index in [0.717, 1.165) is 21.3 Å². The van der Waals surface area contributed by atoms with Crippen molar-refractivity contribution < 1.29 is 64.7 Å². The van der Waals surface area contributed by atoms with E-state index in [0.29, 0.717) is 37.3 Å². The minimum absolute atomic E-state index is 0.00445. The molecule has 2 atom stereocenters. The van der Waals surface area contributed by atoms with Gasteiger partial charge in [0.2, 0.25) is 0 Å². The number of halogens is 6. The quantitative estimate of drug-likeness (QED) is 0.157. The first-order valence-corrected chi connectivity index (χ1v) is 16.3. The number of nitrogens with zero attached hydrogens (tertiary/aromatic N) is 4. The summed E-state index contributed by atoms with van der Waals surface area (Å²) in [5, 5.41) is 1.73. The van der Waals surface area contributed by atoms with E-state index in [4.69, 9.17) is 9.47 Å². The zero-order chi connectivity index (χ0) is 38.8. The largest absolute Gasteiger partial charge is 0.492 e. The molecule has 2 fully saturated rings.